The van der Waals surface area contributed by atoms with E-state index in [0.29, 0.717) is 0 Å². The molecule has 1 saturated heterocycles. The van der Waals surface area contributed by atoms with Crippen molar-refractivity contribution in [3.63, 3.8) is 0 Å². The van der Waals surface area contributed by atoms with Gasteiger partial charge in [-0.1, -0.05) is 13.1 Å². The molecule has 0 aromatic rings. The predicted molar refractivity (Wildman–Crippen MR) is 46.2 cm³/mol. The monoisotopic (exact) mass is 173 g/mol. The molecule has 1 fully saturated rings. The van der Waals surface area contributed by atoms with Gasteiger partial charge in [-0.3, -0.25) is 4.79 Å². The third-order valence-corrected chi connectivity index (χ3v) is 5.52. The van der Waals surface area contributed by atoms with E-state index >= 15 is 0 Å². The third-order valence-electron chi connectivity index (χ3n) is 2.39. The Kier molecular flexibility index (Phi) is 2.07. The highest BCUT2D eigenvalue weighted by atomic mass is 28.3. The van der Waals surface area contributed by atoms with Crippen LogP contribution in [-0.4, -0.2) is 25.2 Å². The van der Waals surface area contributed by atoms with Crippen LogP contribution in [0.1, 0.15) is 0 Å². The molecule has 0 aromatic heterocycles. The summed E-state index contributed by atoms with van der Waals surface area (Å²) in [4.78, 5) is 10.6. The summed E-state index contributed by atoms with van der Waals surface area (Å²) in [5.74, 6) is -0.979. The predicted octanol–water partition coefficient (Wildman–Crippen LogP) is 0.736. The van der Waals surface area contributed by atoms with Crippen molar-refractivity contribution in [2.24, 2.45) is 11.7 Å². The lowest BCUT2D eigenvalue weighted by Gasteiger charge is -2.11. The van der Waals surface area contributed by atoms with Crippen LogP contribution in [0.2, 0.25) is 25.2 Å². The zero-order chi connectivity index (χ0) is 8.65. The van der Waals surface area contributed by atoms with Gasteiger partial charge < -0.3 is 10.8 Å². The van der Waals surface area contributed by atoms with E-state index in [2.05, 4.69) is 13.1 Å². The Morgan fingerprint density at radius 3 is 2.27 bits per heavy atom. The Morgan fingerprint density at radius 1 is 1.55 bits per heavy atom. The van der Waals surface area contributed by atoms with Gasteiger partial charge in [0.05, 0.1) is 5.92 Å². The van der Waals surface area contributed by atoms with Crippen LogP contribution in [0.4, 0.5) is 0 Å². The fourth-order valence-corrected chi connectivity index (χ4v) is 5.28. The first-order valence-electron chi connectivity index (χ1n) is 3.91. The van der Waals surface area contributed by atoms with Gasteiger partial charge in [0.25, 0.3) is 0 Å². The van der Waals surface area contributed by atoms with Gasteiger partial charge in [-0.15, -0.1) is 0 Å². The molecule has 0 radical (unpaired) electrons. The second-order valence-corrected chi connectivity index (χ2v) is 9.33. The van der Waals surface area contributed by atoms with Crippen molar-refractivity contribution in [1.82, 2.24) is 0 Å². The molecule has 0 unspecified atom stereocenters. The number of carbonyl (C=O) groups is 1. The van der Waals surface area contributed by atoms with Gasteiger partial charge in [0.1, 0.15) is 0 Å². The minimum atomic E-state index is -1.23. The zero-order valence-electron chi connectivity index (χ0n) is 7.00. The molecule has 0 bridgehead atoms. The molecule has 1 heterocycles. The van der Waals surface area contributed by atoms with Crippen LogP contribution < -0.4 is 5.73 Å². The van der Waals surface area contributed by atoms with Gasteiger partial charge in [0.15, 0.2) is 0 Å². The minimum Gasteiger partial charge on any atom is -0.481 e. The number of hydrogen-bond donors (Lipinski definition) is 2. The SMILES string of the molecule is C[Si]1(C)C[C@H](C(=O)O)[C@@H](N)C1. The van der Waals surface area contributed by atoms with Crippen molar-refractivity contribution in [2.75, 3.05) is 0 Å². The van der Waals surface area contributed by atoms with E-state index in [1.807, 2.05) is 0 Å². The lowest BCUT2D eigenvalue weighted by atomic mass is 10.1. The van der Waals surface area contributed by atoms with Gasteiger partial charge in [-0.25, -0.2) is 0 Å². The standard InChI is InChI=1S/C7H15NO2Si/c1-11(2)3-5(7(9)10)6(8)4-11/h5-6H,3-4,8H2,1-2H3,(H,9,10)/t5-,6-/m0/s1. The molecule has 64 valence electrons. The summed E-state index contributed by atoms with van der Waals surface area (Å²) in [5, 5.41) is 8.76. The minimum absolute atomic E-state index is 0.0887. The Hall–Kier alpha value is -0.353. The van der Waals surface area contributed by atoms with E-state index < -0.39 is 14.0 Å². The van der Waals surface area contributed by atoms with Crippen LogP contribution in [0, 0.1) is 5.92 Å². The Balaban J connectivity index is 2.66. The molecule has 1 aliphatic rings. The summed E-state index contributed by atoms with van der Waals surface area (Å²) >= 11 is 0. The molecule has 0 aromatic carbocycles. The normalized spacial score (nSPS) is 35.5. The van der Waals surface area contributed by atoms with Gasteiger partial charge in [0.2, 0.25) is 0 Å². The number of hydrogen-bond acceptors (Lipinski definition) is 2. The third kappa shape index (κ3) is 1.81. The molecule has 2 atom stereocenters. The molecule has 1 aliphatic heterocycles. The number of carboxylic acids is 1. The van der Waals surface area contributed by atoms with Crippen molar-refractivity contribution in [2.45, 2.75) is 31.2 Å². The summed E-state index contributed by atoms with van der Waals surface area (Å²) in [6, 6.07) is 1.72. The highest BCUT2D eigenvalue weighted by Gasteiger charge is 2.42. The first-order chi connectivity index (χ1) is 4.92. The van der Waals surface area contributed by atoms with Crippen LogP contribution in [-0.2, 0) is 4.79 Å². The molecule has 4 heteroatoms. The van der Waals surface area contributed by atoms with Crippen molar-refractivity contribution in [1.29, 1.82) is 0 Å². The Labute approximate surface area is 67.6 Å². The number of nitrogens with two attached hydrogens (primary N) is 1. The van der Waals surface area contributed by atoms with Crippen molar-refractivity contribution in [3.8, 4) is 0 Å². The molecule has 0 spiro atoms. The first kappa shape index (κ1) is 8.74. The second-order valence-electron chi connectivity index (χ2n) is 4.18. The van der Waals surface area contributed by atoms with Gasteiger partial charge in [-0.05, 0) is 12.1 Å². The van der Waals surface area contributed by atoms with Crippen LogP contribution >= 0.6 is 0 Å². The highest BCUT2D eigenvalue weighted by Crippen LogP contribution is 2.33. The van der Waals surface area contributed by atoms with Crippen molar-refractivity contribution >= 4 is 14.0 Å². The highest BCUT2D eigenvalue weighted by molar-refractivity contribution is 6.78. The topological polar surface area (TPSA) is 63.3 Å². The molecule has 0 aliphatic carbocycles. The number of aliphatic carboxylic acids is 1. The Morgan fingerprint density at radius 2 is 2.09 bits per heavy atom. The maximum atomic E-state index is 10.6. The van der Waals surface area contributed by atoms with E-state index in [1.165, 1.54) is 0 Å². The smallest absolute Gasteiger partial charge is 0.307 e. The van der Waals surface area contributed by atoms with E-state index in [0.717, 1.165) is 12.1 Å². The molecule has 3 nitrogen and oxygen atoms in total. The summed E-state index contributed by atoms with van der Waals surface area (Å²) in [7, 11) is -1.23. The molecule has 0 amide bonds. The number of rotatable bonds is 1. The molecule has 0 saturated carbocycles. The lowest BCUT2D eigenvalue weighted by Crippen LogP contribution is -2.29. The number of carboxylic acid groups (broad SMARTS) is 1. The van der Waals surface area contributed by atoms with Crippen LogP contribution in [0.3, 0.4) is 0 Å². The van der Waals surface area contributed by atoms with Crippen LogP contribution in [0.15, 0.2) is 0 Å². The van der Waals surface area contributed by atoms with E-state index in [-0.39, 0.29) is 12.0 Å². The van der Waals surface area contributed by atoms with E-state index in [1.54, 1.807) is 0 Å². The molecule has 11 heavy (non-hydrogen) atoms. The van der Waals surface area contributed by atoms with Gasteiger partial charge in [-0.2, -0.15) is 0 Å². The van der Waals surface area contributed by atoms with Crippen molar-refractivity contribution in [3.05, 3.63) is 0 Å². The fraction of sp³-hybridized carbons (Fsp3) is 0.857. The average molecular weight is 173 g/mol. The summed E-state index contributed by atoms with van der Waals surface area (Å²) < 4.78 is 0. The van der Waals surface area contributed by atoms with E-state index in [9.17, 15) is 4.79 Å². The quantitative estimate of drug-likeness (QED) is 0.575. The van der Waals surface area contributed by atoms with Crippen LogP contribution in [0.25, 0.3) is 0 Å². The Bertz CT molecular complexity index is 181. The molecule has 3 N–H and O–H groups in total. The second kappa shape index (κ2) is 2.60. The maximum Gasteiger partial charge on any atom is 0.307 e. The summed E-state index contributed by atoms with van der Waals surface area (Å²) in [5.41, 5.74) is 5.71. The maximum absolute atomic E-state index is 10.6. The average Bonchev–Trinajstić information content (AvgIpc) is 2.05. The molecule has 1 rings (SSSR count). The summed E-state index contributed by atoms with van der Waals surface area (Å²) in [6.45, 7) is 4.41. The van der Waals surface area contributed by atoms with Crippen LogP contribution in [0.5, 0.6) is 0 Å². The van der Waals surface area contributed by atoms with E-state index in [4.69, 9.17) is 10.8 Å². The summed E-state index contributed by atoms with van der Waals surface area (Å²) in [6.07, 6.45) is 0. The lowest BCUT2D eigenvalue weighted by molar-refractivity contribution is -0.141. The molecular weight excluding hydrogens is 158 g/mol. The van der Waals surface area contributed by atoms with Gasteiger partial charge >= 0.3 is 5.97 Å². The largest absolute Gasteiger partial charge is 0.481 e. The fourth-order valence-electron chi connectivity index (χ4n) is 1.88. The van der Waals surface area contributed by atoms with Gasteiger partial charge in [0, 0.05) is 14.1 Å². The first-order valence-corrected chi connectivity index (χ1v) is 7.32. The zero-order valence-corrected chi connectivity index (χ0v) is 8.00. The van der Waals surface area contributed by atoms with Crippen molar-refractivity contribution < 1.29 is 9.90 Å². The molecular formula is C7H15NO2Si.